The Labute approximate surface area is 63.6 Å². The quantitative estimate of drug-likeness (QED) is 0.443. The first-order valence-electron chi connectivity index (χ1n) is 3.87. The van der Waals surface area contributed by atoms with E-state index >= 15 is 0 Å². The summed E-state index contributed by atoms with van der Waals surface area (Å²) >= 11 is 0. The highest BCUT2D eigenvalue weighted by Gasteiger charge is 1.77. The van der Waals surface area contributed by atoms with Gasteiger partial charge in [0.25, 0.3) is 0 Å². The molecule has 0 amide bonds. The van der Waals surface area contributed by atoms with Gasteiger partial charge in [0.2, 0.25) is 0 Å². The van der Waals surface area contributed by atoms with Crippen LogP contribution < -0.4 is 5.73 Å². The fourth-order valence-electron chi connectivity index (χ4n) is 0.685. The fraction of sp³-hybridized carbons (Fsp3) is 0.556. The van der Waals surface area contributed by atoms with Crippen LogP contribution in [-0.4, -0.2) is 6.54 Å². The van der Waals surface area contributed by atoms with Crippen molar-refractivity contribution in [2.45, 2.75) is 25.7 Å². The second-order valence-electron chi connectivity index (χ2n) is 2.27. The summed E-state index contributed by atoms with van der Waals surface area (Å²) in [6.07, 6.45) is 10.7. The second-order valence-corrected chi connectivity index (χ2v) is 2.27. The highest BCUT2D eigenvalue weighted by molar-refractivity contribution is 4.84. The molecule has 0 bridgehead atoms. The molecule has 58 valence electrons. The van der Waals surface area contributed by atoms with Crippen LogP contribution in [0.15, 0.2) is 24.8 Å². The highest BCUT2D eigenvalue weighted by Crippen LogP contribution is 1.94. The zero-order valence-corrected chi connectivity index (χ0v) is 6.55. The maximum Gasteiger partial charge on any atom is -0.00743 e. The molecule has 0 saturated carbocycles. The number of unbranched alkanes of at least 4 members (excludes halogenated alkanes) is 2. The predicted octanol–water partition coefficient (Wildman–Crippen LogP) is 2.25. The molecule has 1 heteroatoms. The Morgan fingerprint density at radius 1 is 1.10 bits per heavy atom. The van der Waals surface area contributed by atoms with Crippen LogP contribution in [0.2, 0.25) is 0 Å². The fourth-order valence-corrected chi connectivity index (χ4v) is 0.685. The van der Waals surface area contributed by atoms with Gasteiger partial charge in [-0.15, -0.1) is 6.58 Å². The maximum absolute atomic E-state index is 5.32. The van der Waals surface area contributed by atoms with E-state index in [2.05, 4.69) is 18.7 Å². The van der Waals surface area contributed by atoms with Crippen molar-refractivity contribution in [3.05, 3.63) is 24.8 Å². The van der Waals surface area contributed by atoms with Crippen molar-refractivity contribution in [3.8, 4) is 0 Å². The molecule has 0 radical (unpaired) electrons. The summed E-state index contributed by atoms with van der Waals surface area (Å²) in [6, 6.07) is 0. The van der Waals surface area contributed by atoms with Gasteiger partial charge in [0.05, 0.1) is 0 Å². The van der Waals surface area contributed by atoms with E-state index in [4.69, 9.17) is 5.73 Å². The summed E-state index contributed by atoms with van der Waals surface area (Å²) in [5.74, 6) is 0. The SMILES string of the molecule is C=CCC/C=C\CCCN. The first-order valence-corrected chi connectivity index (χ1v) is 3.87. The molecule has 0 aromatic heterocycles. The van der Waals surface area contributed by atoms with Gasteiger partial charge in [0.1, 0.15) is 0 Å². The second kappa shape index (κ2) is 8.44. The Kier molecular flexibility index (Phi) is 7.97. The van der Waals surface area contributed by atoms with Gasteiger partial charge in [-0.3, -0.25) is 0 Å². The van der Waals surface area contributed by atoms with E-state index in [-0.39, 0.29) is 0 Å². The van der Waals surface area contributed by atoms with Gasteiger partial charge in [-0.05, 0) is 32.2 Å². The molecule has 0 aromatic carbocycles. The summed E-state index contributed by atoms with van der Waals surface area (Å²) in [6.45, 7) is 4.44. The Balaban J connectivity index is 2.96. The van der Waals surface area contributed by atoms with Gasteiger partial charge < -0.3 is 5.73 Å². The molecule has 0 rings (SSSR count). The predicted molar refractivity (Wildman–Crippen MR) is 46.9 cm³/mol. The van der Waals surface area contributed by atoms with Crippen molar-refractivity contribution in [2.24, 2.45) is 5.73 Å². The third kappa shape index (κ3) is 7.44. The summed E-state index contributed by atoms with van der Waals surface area (Å²) < 4.78 is 0. The molecule has 0 spiro atoms. The van der Waals surface area contributed by atoms with E-state index in [1.54, 1.807) is 0 Å². The van der Waals surface area contributed by atoms with Gasteiger partial charge >= 0.3 is 0 Å². The van der Waals surface area contributed by atoms with Crippen molar-refractivity contribution < 1.29 is 0 Å². The monoisotopic (exact) mass is 139 g/mol. The maximum atomic E-state index is 5.32. The number of rotatable bonds is 6. The van der Waals surface area contributed by atoms with Crippen molar-refractivity contribution in [3.63, 3.8) is 0 Å². The first-order chi connectivity index (χ1) is 4.91. The highest BCUT2D eigenvalue weighted by atomic mass is 14.5. The lowest BCUT2D eigenvalue weighted by Crippen LogP contribution is -1.96. The minimum Gasteiger partial charge on any atom is -0.330 e. The molecular formula is C9H17N. The number of hydrogen-bond donors (Lipinski definition) is 1. The molecule has 10 heavy (non-hydrogen) atoms. The Morgan fingerprint density at radius 2 is 1.80 bits per heavy atom. The molecule has 0 atom stereocenters. The summed E-state index contributed by atoms with van der Waals surface area (Å²) in [7, 11) is 0. The van der Waals surface area contributed by atoms with Crippen LogP contribution in [-0.2, 0) is 0 Å². The number of nitrogens with two attached hydrogens (primary N) is 1. The van der Waals surface area contributed by atoms with Crippen LogP contribution in [0.1, 0.15) is 25.7 Å². The van der Waals surface area contributed by atoms with Crippen LogP contribution in [0.4, 0.5) is 0 Å². The molecule has 0 saturated heterocycles. The topological polar surface area (TPSA) is 26.0 Å². The third-order valence-electron chi connectivity index (χ3n) is 1.28. The van der Waals surface area contributed by atoms with Crippen LogP contribution in [0.25, 0.3) is 0 Å². The molecule has 0 aliphatic carbocycles. The van der Waals surface area contributed by atoms with Crippen molar-refractivity contribution in [2.75, 3.05) is 6.54 Å². The molecule has 0 aromatic rings. The number of hydrogen-bond acceptors (Lipinski definition) is 1. The zero-order valence-electron chi connectivity index (χ0n) is 6.55. The molecule has 0 fully saturated rings. The van der Waals surface area contributed by atoms with Gasteiger partial charge in [0.15, 0.2) is 0 Å². The molecule has 0 heterocycles. The summed E-state index contributed by atoms with van der Waals surface area (Å²) in [5.41, 5.74) is 5.32. The Hall–Kier alpha value is -0.560. The van der Waals surface area contributed by atoms with Crippen LogP contribution >= 0.6 is 0 Å². The van der Waals surface area contributed by atoms with Gasteiger partial charge in [-0.25, -0.2) is 0 Å². The smallest absolute Gasteiger partial charge is 0.00743 e. The standard InChI is InChI=1S/C9H17N/c1-2-3-4-5-6-7-8-9-10/h2,5-6H,1,3-4,7-10H2/b6-5-. The number of allylic oxidation sites excluding steroid dienone is 3. The van der Waals surface area contributed by atoms with Crippen LogP contribution in [0.3, 0.4) is 0 Å². The lowest BCUT2D eigenvalue weighted by molar-refractivity contribution is 0.850. The normalized spacial score (nSPS) is 10.5. The first kappa shape index (κ1) is 9.44. The minimum atomic E-state index is 0.797. The zero-order chi connectivity index (χ0) is 7.66. The molecule has 1 nitrogen and oxygen atoms in total. The van der Waals surface area contributed by atoms with E-state index in [0.717, 1.165) is 32.2 Å². The molecular weight excluding hydrogens is 122 g/mol. The van der Waals surface area contributed by atoms with Gasteiger partial charge in [-0.2, -0.15) is 0 Å². The summed E-state index contributed by atoms with van der Waals surface area (Å²) in [4.78, 5) is 0. The van der Waals surface area contributed by atoms with E-state index in [1.807, 2.05) is 6.08 Å². The Morgan fingerprint density at radius 3 is 2.40 bits per heavy atom. The minimum absolute atomic E-state index is 0.797. The van der Waals surface area contributed by atoms with Crippen LogP contribution in [0, 0.1) is 0 Å². The molecule has 0 aliphatic heterocycles. The van der Waals surface area contributed by atoms with E-state index in [1.165, 1.54) is 0 Å². The largest absolute Gasteiger partial charge is 0.330 e. The molecule has 2 N–H and O–H groups in total. The lowest BCUT2D eigenvalue weighted by atomic mass is 10.2. The average molecular weight is 139 g/mol. The average Bonchev–Trinajstić information content (AvgIpc) is 1.97. The van der Waals surface area contributed by atoms with E-state index < -0.39 is 0 Å². The van der Waals surface area contributed by atoms with Crippen molar-refractivity contribution in [1.29, 1.82) is 0 Å². The van der Waals surface area contributed by atoms with Crippen LogP contribution in [0.5, 0.6) is 0 Å². The Bertz CT molecular complexity index is 94.9. The third-order valence-corrected chi connectivity index (χ3v) is 1.28. The summed E-state index contributed by atoms with van der Waals surface area (Å²) in [5, 5.41) is 0. The van der Waals surface area contributed by atoms with E-state index in [9.17, 15) is 0 Å². The van der Waals surface area contributed by atoms with Gasteiger partial charge in [-0.1, -0.05) is 18.2 Å². The lowest BCUT2D eigenvalue weighted by Gasteiger charge is -1.88. The van der Waals surface area contributed by atoms with Crippen molar-refractivity contribution in [1.82, 2.24) is 0 Å². The molecule has 0 aliphatic rings. The van der Waals surface area contributed by atoms with E-state index in [0.29, 0.717) is 0 Å². The van der Waals surface area contributed by atoms with Gasteiger partial charge in [0, 0.05) is 0 Å². The molecule has 0 unspecified atom stereocenters. The van der Waals surface area contributed by atoms with Crippen molar-refractivity contribution >= 4 is 0 Å².